The lowest BCUT2D eigenvalue weighted by Crippen LogP contribution is -2.30. The molecular formula is C15H23N3O2. The maximum Gasteiger partial charge on any atom is 0.228 e. The van der Waals surface area contributed by atoms with E-state index in [4.69, 9.17) is 11.5 Å². The first-order valence-corrected chi connectivity index (χ1v) is 6.80. The smallest absolute Gasteiger partial charge is 0.228 e. The molecule has 5 nitrogen and oxygen atoms in total. The summed E-state index contributed by atoms with van der Waals surface area (Å²) in [6.07, 6.45) is 0.967. The number of nitrogens with two attached hydrogens (primary N) is 2. The third-order valence-corrected chi connectivity index (χ3v) is 3.01. The Morgan fingerprint density at radius 3 is 2.25 bits per heavy atom. The predicted octanol–water partition coefficient (Wildman–Crippen LogP) is 1.27. The molecule has 0 aliphatic heterocycles. The number of hydrogen-bond donors (Lipinski definition) is 3. The van der Waals surface area contributed by atoms with Crippen LogP contribution in [0.5, 0.6) is 0 Å². The van der Waals surface area contributed by atoms with E-state index in [0.29, 0.717) is 18.2 Å². The van der Waals surface area contributed by atoms with Gasteiger partial charge in [-0.2, -0.15) is 0 Å². The van der Waals surface area contributed by atoms with E-state index in [0.717, 1.165) is 12.0 Å². The summed E-state index contributed by atoms with van der Waals surface area (Å²) in [5.41, 5.74) is 12.3. The molecule has 5 heteroatoms. The number of rotatable bonds is 7. The molecule has 5 N–H and O–H groups in total. The van der Waals surface area contributed by atoms with Gasteiger partial charge < -0.3 is 16.8 Å². The number of amides is 2. The van der Waals surface area contributed by atoms with Gasteiger partial charge in [-0.25, -0.2) is 0 Å². The summed E-state index contributed by atoms with van der Waals surface area (Å²) in [5, 5.41) is 2.84. The first-order chi connectivity index (χ1) is 9.42. The van der Waals surface area contributed by atoms with Crippen LogP contribution in [0, 0.1) is 11.8 Å². The number of benzene rings is 1. The van der Waals surface area contributed by atoms with Crippen molar-refractivity contribution in [3.8, 4) is 0 Å². The van der Waals surface area contributed by atoms with Crippen LogP contribution in [-0.4, -0.2) is 18.4 Å². The number of anilines is 1. The molecule has 110 valence electrons. The number of carbonyl (C=O) groups excluding carboxylic acids is 2. The Kier molecular flexibility index (Phi) is 6.18. The van der Waals surface area contributed by atoms with Crippen molar-refractivity contribution in [2.75, 3.05) is 11.9 Å². The zero-order chi connectivity index (χ0) is 15.1. The normalized spacial score (nSPS) is 12.2. The molecule has 0 saturated heterocycles. The molecule has 0 saturated carbocycles. The summed E-state index contributed by atoms with van der Waals surface area (Å²) in [4.78, 5) is 22.9. The Morgan fingerprint density at radius 1 is 1.20 bits per heavy atom. The zero-order valence-electron chi connectivity index (χ0n) is 12.1. The third-order valence-electron chi connectivity index (χ3n) is 3.01. The van der Waals surface area contributed by atoms with Crippen molar-refractivity contribution < 1.29 is 9.59 Å². The van der Waals surface area contributed by atoms with Crippen LogP contribution >= 0.6 is 0 Å². The number of primary amides is 1. The van der Waals surface area contributed by atoms with Gasteiger partial charge in [-0.1, -0.05) is 26.0 Å². The summed E-state index contributed by atoms with van der Waals surface area (Å²) < 4.78 is 0. The van der Waals surface area contributed by atoms with E-state index in [1.54, 1.807) is 24.3 Å². The Hall–Kier alpha value is -1.88. The van der Waals surface area contributed by atoms with Gasteiger partial charge in [0.05, 0.1) is 12.3 Å². The molecule has 0 bridgehead atoms. The van der Waals surface area contributed by atoms with E-state index in [1.807, 2.05) is 0 Å². The molecule has 20 heavy (non-hydrogen) atoms. The Bertz CT molecular complexity index is 455. The molecule has 1 aromatic carbocycles. The molecular weight excluding hydrogens is 254 g/mol. The van der Waals surface area contributed by atoms with E-state index < -0.39 is 0 Å². The number of nitrogens with one attached hydrogen (secondary N) is 1. The largest absolute Gasteiger partial charge is 0.369 e. The highest BCUT2D eigenvalue weighted by molar-refractivity contribution is 5.92. The highest BCUT2D eigenvalue weighted by Gasteiger charge is 2.18. The fourth-order valence-electron chi connectivity index (χ4n) is 2.03. The molecule has 0 aliphatic rings. The Labute approximate surface area is 119 Å². The van der Waals surface area contributed by atoms with E-state index in [-0.39, 0.29) is 24.2 Å². The van der Waals surface area contributed by atoms with Gasteiger partial charge in [0.2, 0.25) is 11.8 Å². The molecule has 1 aromatic rings. The van der Waals surface area contributed by atoms with Crippen molar-refractivity contribution >= 4 is 17.5 Å². The van der Waals surface area contributed by atoms with Gasteiger partial charge in [0.15, 0.2) is 0 Å². The van der Waals surface area contributed by atoms with E-state index >= 15 is 0 Å². The maximum atomic E-state index is 12.1. The second-order valence-electron chi connectivity index (χ2n) is 5.39. The topological polar surface area (TPSA) is 98.2 Å². The second-order valence-corrected chi connectivity index (χ2v) is 5.39. The van der Waals surface area contributed by atoms with Crippen molar-refractivity contribution in [3.63, 3.8) is 0 Å². The van der Waals surface area contributed by atoms with Crippen LogP contribution in [0.4, 0.5) is 5.69 Å². The lowest BCUT2D eigenvalue weighted by atomic mass is 9.96. The molecule has 0 aromatic heterocycles. The SMILES string of the molecule is CC(C)CC(CN)C(=O)Nc1ccc(CC(N)=O)cc1. The minimum Gasteiger partial charge on any atom is -0.369 e. The van der Waals surface area contributed by atoms with Gasteiger partial charge in [-0.3, -0.25) is 9.59 Å². The van der Waals surface area contributed by atoms with E-state index in [1.165, 1.54) is 0 Å². The molecule has 0 radical (unpaired) electrons. The van der Waals surface area contributed by atoms with Crippen LogP contribution < -0.4 is 16.8 Å². The molecule has 2 amide bonds. The van der Waals surface area contributed by atoms with Gasteiger partial charge in [-0.05, 0) is 30.0 Å². The van der Waals surface area contributed by atoms with Gasteiger partial charge in [0, 0.05) is 12.2 Å². The quantitative estimate of drug-likeness (QED) is 0.700. The predicted molar refractivity (Wildman–Crippen MR) is 80.0 cm³/mol. The highest BCUT2D eigenvalue weighted by atomic mass is 16.2. The Balaban J connectivity index is 2.63. The Morgan fingerprint density at radius 2 is 1.80 bits per heavy atom. The van der Waals surface area contributed by atoms with Crippen LogP contribution in [0.2, 0.25) is 0 Å². The summed E-state index contributed by atoms with van der Waals surface area (Å²) in [6.45, 7) is 4.47. The monoisotopic (exact) mass is 277 g/mol. The first-order valence-electron chi connectivity index (χ1n) is 6.80. The van der Waals surface area contributed by atoms with Gasteiger partial charge in [0.25, 0.3) is 0 Å². The zero-order valence-corrected chi connectivity index (χ0v) is 12.1. The van der Waals surface area contributed by atoms with Crippen LogP contribution in [0.15, 0.2) is 24.3 Å². The molecule has 1 rings (SSSR count). The molecule has 1 unspecified atom stereocenters. The average molecular weight is 277 g/mol. The van der Waals surface area contributed by atoms with Crippen LogP contribution in [0.3, 0.4) is 0 Å². The third kappa shape index (κ3) is 5.40. The summed E-state index contributed by atoms with van der Waals surface area (Å²) in [5.74, 6) is -0.196. The molecule has 0 heterocycles. The minimum absolute atomic E-state index is 0.0659. The van der Waals surface area contributed by atoms with Crippen LogP contribution in [-0.2, 0) is 16.0 Å². The lowest BCUT2D eigenvalue weighted by molar-refractivity contribution is -0.120. The van der Waals surface area contributed by atoms with Crippen molar-refractivity contribution in [2.45, 2.75) is 26.7 Å². The number of hydrogen-bond acceptors (Lipinski definition) is 3. The molecule has 0 aliphatic carbocycles. The van der Waals surface area contributed by atoms with Gasteiger partial charge in [-0.15, -0.1) is 0 Å². The number of carbonyl (C=O) groups is 2. The minimum atomic E-state index is -0.373. The van der Waals surface area contributed by atoms with Gasteiger partial charge in [0.1, 0.15) is 0 Å². The van der Waals surface area contributed by atoms with E-state index in [2.05, 4.69) is 19.2 Å². The second kappa shape index (κ2) is 7.65. The van der Waals surface area contributed by atoms with Crippen LogP contribution in [0.25, 0.3) is 0 Å². The standard InChI is InChI=1S/C15H23N3O2/c1-10(2)7-12(9-16)15(20)18-13-5-3-11(4-6-13)8-14(17)19/h3-6,10,12H,7-9,16H2,1-2H3,(H2,17,19)(H,18,20). The van der Waals surface area contributed by atoms with Crippen molar-refractivity contribution in [3.05, 3.63) is 29.8 Å². The van der Waals surface area contributed by atoms with Gasteiger partial charge >= 0.3 is 0 Å². The maximum absolute atomic E-state index is 12.1. The fourth-order valence-corrected chi connectivity index (χ4v) is 2.03. The highest BCUT2D eigenvalue weighted by Crippen LogP contribution is 2.15. The van der Waals surface area contributed by atoms with Crippen molar-refractivity contribution in [2.24, 2.45) is 23.3 Å². The molecule has 0 spiro atoms. The van der Waals surface area contributed by atoms with Crippen LogP contribution in [0.1, 0.15) is 25.8 Å². The summed E-state index contributed by atoms with van der Waals surface area (Å²) in [7, 11) is 0. The molecule has 0 fully saturated rings. The van der Waals surface area contributed by atoms with Crippen molar-refractivity contribution in [1.82, 2.24) is 0 Å². The van der Waals surface area contributed by atoms with E-state index in [9.17, 15) is 9.59 Å². The fraction of sp³-hybridized carbons (Fsp3) is 0.467. The molecule has 1 atom stereocenters. The van der Waals surface area contributed by atoms with Crippen molar-refractivity contribution in [1.29, 1.82) is 0 Å². The average Bonchev–Trinajstić information content (AvgIpc) is 2.37. The lowest BCUT2D eigenvalue weighted by Gasteiger charge is -2.16. The first kappa shape index (κ1) is 16.2. The summed E-state index contributed by atoms with van der Waals surface area (Å²) in [6, 6.07) is 7.08. The summed E-state index contributed by atoms with van der Waals surface area (Å²) >= 11 is 0.